The molecule has 2 atom stereocenters. The van der Waals surface area contributed by atoms with Crippen LogP contribution in [0, 0.1) is 5.92 Å². The van der Waals surface area contributed by atoms with Crippen LogP contribution < -0.4 is 9.64 Å². The molecule has 6 rings (SSSR count). The number of likely N-dealkylation sites (tertiary alicyclic amines) is 1. The third-order valence-corrected chi connectivity index (χ3v) is 8.71. The molecule has 1 fully saturated rings. The number of amides is 1. The molecule has 1 amide bonds. The lowest BCUT2D eigenvalue weighted by atomic mass is 9.92. The van der Waals surface area contributed by atoms with Crippen molar-refractivity contribution in [3.8, 4) is 17.1 Å². The predicted octanol–water partition coefficient (Wildman–Crippen LogP) is 7.89. The maximum Gasteiger partial charge on any atom is 0.410 e. The van der Waals surface area contributed by atoms with Crippen LogP contribution >= 0.6 is 0 Å². The van der Waals surface area contributed by atoms with Crippen molar-refractivity contribution in [3.05, 3.63) is 108 Å². The largest absolute Gasteiger partial charge is 0.464 e. The molecule has 8 heteroatoms. The Morgan fingerprint density at radius 3 is 2.26 bits per heavy atom. The van der Waals surface area contributed by atoms with Gasteiger partial charge in [0.25, 0.3) is 0 Å². The number of rotatable bonds is 7. The predicted molar refractivity (Wildman–Crippen MR) is 183 cm³/mol. The quantitative estimate of drug-likeness (QED) is 0.185. The van der Waals surface area contributed by atoms with Gasteiger partial charge in [0.05, 0.1) is 11.1 Å². The van der Waals surface area contributed by atoms with Crippen LogP contribution in [-0.4, -0.2) is 57.5 Å². The maximum absolute atomic E-state index is 12.7. The fourth-order valence-electron chi connectivity index (χ4n) is 6.42. The number of carbonyl (C=O) groups is 1. The standard InChI is InChI=1S/C38H43N5O3/c1-26-25-43(37(44)46-38(2,3)4)23-21-32(26)41(5)29-19-20-30-33(24-29)42(6)40-34(30)31-18-13-22-39-36(31)45-35(27-14-9-7-10-15-27)28-16-11-8-12-17-28/h7-20,22,24,26,32,35H,21,23,25H2,1-6H3/t26-,32-/m1/s1. The lowest BCUT2D eigenvalue weighted by Crippen LogP contribution is -2.51. The van der Waals surface area contributed by atoms with Gasteiger partial charge in [-0.15, -0.1) is 0 Å². The SMILES string of the molecule is C[C@@H]1CN(C(=O)OC(C)(C)C)CC[C@H]1N(C)c1ccc2c(-c3cccnc3OC(c3ccccc3)c3ccccc3)nn(C)c2c1. The minimum Gasteiger partial charge on any atom is -0.464 e. The Balaban J connectivity index is 1.27. The van der Waals surface area contributed by atoms with E-state index < -0.39 is 5.60 Å². The number of fused-ring (bicyclic) bond motifs is 1. The molecular formula is C38H43N5O3. The molecule has 0 saturated carbocycles. The van der Waals surface area contributed by atoms with Crippen LogP contribution in [0.15, 0.2) is 97.2 Å². The molecule has 2 aromatic heterocycles. The molecule has 0 aliphatic carbocycles. The normalized spacial score (nSPS) is 16.9. The Kier molecular flexibility index (Phi) is 8.71. The summed E-state index contributed by atoms with van der Waals surface area (Å²) in [6.45, 7) is 9.26. The van der Waals surface area contributed by atoms with E-state index in [0.717, 1.165) is 45.4 Å². The molecule has 0 radical (unpaired) electrons. The van der Waals surface area contributed by atoms with Crippen molar-refractivity contribution < 1.29 is 14.3 Å². The number of piperidine rings is 1. The highest BCUT2D eigenvalue weighted by Gasteiger charge is 2.33. The van der Waals surface area contributed by atoms with E-state index in [2.05, 4.69) is 61.3 Å². The molecule has 0 bridgehead atoms. The van der Waals surface area contributed by atoms with Crippen LogP contribution in [0.5, 0.6) is 5.88 Å². The minimum absolute atomic E-state index is 0.234. The molecule has 0 unspecified atom stereocenters. The van der Waals surface area contributed by atoms with E-state index in [1.54, 1.807) is 6.20 Å². The fraction of sp³-hybridized carbons (Fsp3) is 0.342. The van der Waals surface area contributed by atoms with Gasteiger partial charge in [-0.25, -0.2) is 9.78 Å². The topological polar surface area (TPSA) is 72.7 Å². The second-order valence-electron chi connectivity index (χ2n) is 13.2. The van der Waals surface area contributed by atoms with Crippen LogP contribution in [0.3, 0.4) is 0 Å². The van der Waals surface area contributed by atoms with Gasteiger partial charge in [-0.3, -0.25) is 4.68 Å². The Labute approximate surface area is 271 Å². The van der Waals surface area contributed by atoms with Crippen LogP contribution in [-0.2, 0) is 11.8 Å². The van der Waals surface area contributed by atoms with Crippen molar-refractivity contribution in [1.82, 2.24) is 19.7 Å². The molecule has 1 aliphatic heterocycles. The average molecular weight is 618 g/mol. The molecule has 3 heterocycles. The highest BCUT2D eigenvalue weighted by molar-refractivity contribution is 5.96. The van der Waals surface area contributed by atoms with E-state index in [0.29, 0.717) is 19.0 Å². The van der Waals surface area contributed by atoms with Crippen molar-refractivity contribution in [3.63, 3.8) is 0 Å². The highest BCUT2D eigenvalue weighted by atomic mass is 16.6. The van der Waals surface area contributed by atoms with Crippen molar-refractivity contribution >= 4 is 22.7 Å². The van der Waals surface area contributed by atoms with E-state index >= 15 is 0 Å². The number of anilines is 1. The van der Waals surface area contributed by atoms with Crippen molar-refractivity contribution in [2.75, 3.05) is 25.0 Å². The lowest BCUT2D eigenvalue weighted by molar-refractivity contribution is 0.0156. The summed E-state index contributed by atoms with van der Waals surface area (Å²) >= 11 is 0. The van der Waals surface area contributed by atoms with Gasteiger partial charge >= 0.3 is 6.09 Å². The molecule has 5 aromatic rings. The third-order valence-electron chi connectivity index (χ3n) is 8.71. The van der Waals surface area contributed by atoms with Gasteiger partial charge in [-0.2, -0.15) is 5.10 Å². The first-order valence-corrected chi connectivity index (χ1v) is 16.0. The van der Waals surface area contributed by atoms with E-state index in [1.165, 1.54) is 0 Å². The maximum atomic E-state index is 12.7. The monoisotopic (exact) mass is 617 g/mol. The van der Waals surface area contributed by atoms with Gasteiger partial charge in [0.1, 0.15) is 11.3 Å². The van der Waals surface area contributed by atoms with E-state index in [9.17, 15) is 4.79 Å². The molecule has 8 nitrogen and oxygen atoms in total. The van der Waals surface area contributed by atoms with Gasteiger partial charge in [0.2, 0.25) is 5.88 Å². The summed E-state index contributed by atoms with van der Waals surface area (Å²) in [7, 11) is 4.12. The van der Waals surface area contributed by atoms with Crippen molar-refractivity contribution in [2.24, 2.45) is 13.0 Å². The molecule has 0 spiro atoms. The Bertz CT molecular complexity index is 1760. The molecule has 238 valence electrons. The van der Waals surface area contributed by atoms with Crippen molar-refractivity contribution in [1.29, 1.82) is 0 Å². The minimum atomic E-state index is -0.500. The van der Waals surface area contributed by atoms with Gasteiger partial charge in [0.15, 0.2) is 6.10 Å². The van der Waals surface area contributed by atoms with Crippen molar-refractivity contribution in [2.45, 2.75) is 51.9 Å². The first-order valence-electron chi connectivity index (χ1n) is 16.0. The van der Waals surface area contributed by atoms with Crippen LogP contribution in [0.4, 0.5) is 10.5 Å². The number of hydrogen-bond donors (Lipinski definition) is 0. The number of nitrogens with zero attached hydrogens (tertiary/aromatic N) is 5. The molecule has 1 saturated heterocycles. The number of aryl methyl sites for hydroxylation is 1. The first kappa shape index (κ1) is 31.1. The van der Waals surface area contributed by atoms with Crippen LogP contribution in [0.2, 0.25) is 0 Å². The van der Waals surface area contributed by atoms with Gasteiger partial charge < -0.3 is 19.3 Å². The molecule has 0 N–H and O–H groups in total. The number of carbonyl (C=O) groups excluding carboxylic acids is 1. The number of hydrogen-bond acceptors (Lipinski definition) is 6. The number of ether oxygens (including phenoxy) is 2. The Morgan fingerprint density at radius 1 is 0.957 bits per heavy atom. The van der Waals surface area contributed by atoms with E-state index in [4.69, 9.17) is 19.6 Å². The summed E-state index contributed by atoms with van der Waals surface area (Å²) in [5.41, 5.74) is 5.41. The zero-order valence-corrected chi connectivity index (χ0v) is 27.6. The van der Waals surface area contributed by atoms with E-state index in [-0.39, 0.29) is 24.2 Å². The summed E-state index contributed by atoms with van der Waals surface area (Å²) in [4.78, 5) is 21.6. The van der Waals surface area contributed by atoms with Gasteiger partial charge in [0, 0.05) is 50.5 Å². The average Bonchev–Trinajstić information content (AvgIpc) is 3.38. The number of benzene rings is 3. The summed E-state index contributed by atoms with van der Waals surface area (Å²) < 4.78 is 14.3. The van der Waals surface area contributed by atoms with Gasteiger partial charge in [-0.1, -0.05) is 67.6 Å². The Morgan fingerprint density at radius 2 is 1.63 bits per heavy atom. The highest BCUT2D eigenvalue weighted by Crippen LogP contribution is 2.38. The fourth-order valence-corrected chi connectivity index (χ4v) is 6.42. The summed E-state index contributed by atoms with van der Waals surface area (Å²) in [6.07, 6.45) is 2.07. The number of pyridine rings is 1. The smallest absolute Gasteiger partial charge is 0.410 e. The lowest BCUT2D eigenvalue weighted by Gasteiger charge is -2.42. The summed E-state index contributed by atoms with van der Waals surface area (Å²) in [5.74, 6) is 0.813. The third kappa shape index (κ3) is 6.57. The molecule has 1 aliphatic rings. The van der Waals surface area contributed by atoms with Crippen LogP contribution in [0.25, 0.3) is 22.2 Å². The first-order chi connectivity index (χ1) is 22.1. The molecule has 46 heavy (non-hydrogen) atoms. The molecular weight excluding hydrogens is 574 g/mol. The van der Waals surface area contributed by atoms with Crippen LogP contribution in [0.1, 0.15) is 51.3 Å². The zero-order chi connectivity index (χ0) is 32.4. The second-order valence-corrected chi connectivity index (χ2v) is 13.2. The second kappa shape index (κ2) is 12.9. The van der Waals surface area contributed by atoms with Gasteiger partial charge in [-0.05, 0) is 74.6 Å². The Hall–Kier alpha value is -4.85. The summed E-state index contributed by atoms with van der Waals surface area (Å²) in [5, 5.41) is 6.01. The molecule has 3 aromatic carbocycles. The van der Waals surface area contributed by atoms with E-state index in [1.807, 2.05) is 85.9 Å². The summed E-state index contributed by atoms with van der Waals surface area (Å²) in [6, 6.07) is 31.2. The zero-order valence-electron chi connectivity index (χ0n) is 27.6. The number of aromatic nitrogens is 3.